The highest BCUT2D eigenvalue weighted by atomic mass is 35.5. The van der Waals surface area contributed by atoms with Crippen LogP contribution in [0, 0.1) is 12.8 Å². The molecule has 1 N–H and O–H groups in total. The van der Waals surface area contributed by atoms with Gasteiger partial charge in [-0.3, -0.25) is 4.79 Å². The average Bonchev–Trinajstić information content (AvgIpc) is 3.21. The molecule has 0 fully saturated rings. The fourth-order valence-electron chi connectivity index (χ4n) is 5.30. The molecule has 3 aromatic carbocycles. The minimum Gasteiger partial charge on any atom is -0.507 e. The van der Waals surface area contributed by atoms with Gasteiger partial charge < -0.3 is 19.2 Å². The molecule has 4 aromatic rings. The molecular formula is C35H38ClNO4. The Hall–Kier alpha value is -3.80. The highest BCUT2D eigenvalue weighted by Gasteiger charge is 2.22. The lowest BCUT2D eigenvalue weighted by Gasteiger charge is -2.13. The summed E-state index contributed by atoms with van der Waals surface area (Å²) in [5.74, 6) is 1.59. The molecule has 1 aromatic heterocycles. The first kappa shape index (κ1) is 30.2. The number of phenolic OH excluding ortho intramolecular Hbond substituents is 1. The van der Waals surface area contributed by atoms with Crippen LogP contribution >= 0.6 is 12.4 Å². The summed E-state index contributed by atoms with van der Waals surface area (Å²) in [6, 6.07) is 20.4. The zero-order valence-electron chi connectivity index (χ0n) is 24.1. The summed E-state index contributed by atoms with van der Waals surface area (Å²) in [5, 5.41) is 10.6. The zero-order valence-corrected chi connectivity index (χ0v) is 25.0. The minimum absolute atomic E-state index is 0. The topological polar surface area (TPSA) is 62.9 Å². The number of aromatic hydroxyl groups is 1. The number of hydrogen-bond donors (Lipinski definition) is 1. The smallest absolute Gasteiger partial charge is 0.196 e. The van der Waals surface area contributed by atoms with Gasteiger partial charge in [0.1, 0.15) is 28.2 Å². The number of phenols is 1. The molecule has 1 aliphatic carbocycles. The summed E-state index contributed by atoms with van der Waals surface area (Å²) in [7, 11) is 4.24. The van der Waals surface area contributed by atoms with E-state index in [1.807, 2.05) is 0 Å². The van der Waals surface area contributed by atoms with Gasteiger partial charge in [0.15, 0.2) is 5.43 Å². The Morgan fingerprint density at radius 2 is 1.63 bits per heavy atom. The van der Waals surface area contributed by atoms with Crippen LogP contribution in [-0.2, 0) is 6.42 Å². The van der Waals surface area contributed by atoms with Crippen LogP contribution in [0.3, 0.4) is 0 Å². The minimum atomic E-state index is -0.212. The van der Waals surface area contributed by atoms with Gasteiger partial charge in [-0.05, 0) is 74.0 Å². The van der Waals surface area contributed by atoms with E-state index in [2.05, 4.69) is 92.7 Å². The van der Waals surface area contributed by atoms with Gasteiger partial charge in [0.2, 0.25) is 0 Å². The number of halogens is 1. The van der Waals surface area contributed by atoms with Crippen LogP contribution in [0.1, 0.15) is 53.3 Å². The van der Waals surface area contributed by atoms with Crippen molar-refractivity contribution in [2.24, 2.45) is 5.92 Å². The van der Waals surface area contributed by atoms with Gasteiger partial charge in [0, 0.05) is 24.2 Å². The molecular weight excluding hydrogens is 534 g/mol. The Bertz CT molecular complexity index is 1600. The standard InChI is InChI=1S/C20H21N.C15H16O4.ClH/c1-21(2)15-7-12-20-18-10-5-3-8-16(18)13-14-17-9-4-6-11-19(17)20;1-8-3-4-10-12(18-7-8)6-13-14(15(10)17)11(16)5-9(2)19-13;/h3-6,8-14H,7,15H2,1-2H3;5-6,8,17H,3-4,7H2,1-2H3;1H. The van der Waals surface area contributed by atoms with E-state index in [4.69, 9.17) is 9.15 Å². The molecule has 6 heteroatoms. The second-order valence-corrected chi connectivity index (χ2v) is 11.0. The van der Waals surface area contributed by atoms with Crippen LogP contribution in [0.15, 0.2) is 76.0 Å². The van der Waals surface area contributed by atoms with Gasteiger partial charge >= 0.3 is 0 Å². The van der Waals surface area contributed by atoms with E-state index < -0.39 is 0 Å². The maximum atomic E-state index is 12.0. The van der Waals surface area contributed by atoms with Crippen molar-refractivity contribution in [1.82, 2.24) is 4.90 Å². The largest absolute Gasteiger partial charge is 0.507 e. The Labute approximate surface area is 248 Å². The summed E-state index contributed by atoms with van der Waals surface area (Å²) in [5.41, 5.74) is 7.50. The lowest BCUT2D eigenvalue weighted by molar-refractivity contribution is 0.265. The number of rotatable bonds is 3. The number of ether oxygens (including phenoxy) is 1. The summed E-state index contributed by atoms with van der Waals surface area (Å²) in [6.45, 7) is 5.51. The summed E-state index contributed by atoms with van der Waals surface area (Å²) in [6.07, 6.45) is 9.53. The van der Waals surface area contributed by atoms with Crippen molar-refractivity contribution in [3.05, 3.63) is 111 Å². The zero-order chi connectivity index (χ0) is 28.2. The SMILES string of the molecule is CN(C)CCC=C1c2ccccc2C=Cc2ccccc21.Cc1cc(=O)c2c(O)c3c(cc2o1)OCC(C)CC3.Cl. The molecule has 0 saturated carbocycles. The van der Waals surface area contributed by atoms with Crippen LogP contribution < -0.4 is 10.2 Å². The van der Waals surface area contributed by atoms with Gasteiger partial charge in [-0.2, -0.15) is 0 Å². The van der Waals surface area contributed by atoms with Gasteiger partial charge in [-0.25, -0.2) is 0 Å². The Morgan fingerprint density at radius 3 is 2.27 bits per heavy atom. The van der Waals surface area contributed by atoms with Crippen molar-refractivity contribution in [2.75, 3.05) is 27.2 Å². The third-order valence-electron chi connectivity index (χ3n) is 7.46. The van der Waals surface area contributed by atoms with E-state index in [0.717, 1.165) is 19.4 Å². The summed E-state index contributed by atoms with van der Waals surface area (Å²) in [4.78, 5) is 14.2. The number of hydrogen-bond acceptors (Lipinski definition) is 5. The van der Waals surface area contributed by atoms with E-state index in [1.54, 1.807) is 13.0 Å². The molecule has 0 spiro atoms. The van der Waals surface area contributed by atoms with Crippen LogP contribution in [0.5, 0.6) is 11.5 Å². The van der Waals surface area contributed by atoms with Crippen molar-refractivity contribution in [2.45, 2.75) is 33.1 Å². The Kier molecular flexibility index (Phi) is 9.74. The van der Waals surface area contributed by atoms with E-state index in [0.29, 0.717) is 41.6 Å². The number of fused-ring (bicyclic) bond motifs is 4. The normalized spacial score (nSPS) is 15.2. The first-order valence-electron chi connectivity index (χ1n) is 14.0. The molecule has 0 bridgehead atoms. The summed E-state index contributed by atoms with van der Waals surface area (Å²) < 4.78 is 11.2. The molecule has 0 radical (unpaired) electrons. The molecule has 1 unspecified atom stereocenters. The van der Waals surface area contributed by atoms with Crippen molar-refractivity contribution in [3.8, 4) is 11.5 Å². The number of benzene rings is 3. The highest BCUT2D eigenvalue weighted by Crippen LogP contribution is 2.38. The van der Waals surface area contributed by atoms with E-state index in [1.165, 1.54) is 33.9 Å². The fourth-order valence-corrected chi connectivity index (χ4v) is 5.30. The molecule has 5 nitrogen and oxygen atoms in total. The van der Waals surface area contributed by atoms with Crippen LogP contribution in [0.25, 0.3) is 28.7 Å². The van der Waals surface area contributed by atoms with E-state index in [9.17, 15) is 9.90 Å². The lowest BCUT2D eigenvalue weighted by Crippen LogP contribution is -2.12. The molecule has 0 amide bonds. The van der Waals surface area contributed by atoms with Gasteiger partial charge in [-0.1, -0.05) is 73.7 Å². The molecule has 2 aliphatic rings. The second kappa shape index (κ2) is 13.2. The van der Waals surface area contributed by atoms with Crippen molar-refractivity contribution in [1.29, 1.82) is 0 Å². The first-order valence-corrected chi connectivity index (χ1v) is 14.0. The van der Waals surface area contributed by atoms with Crippen LogP contribution in [0.4, 0.5) is 0 Å². The average molecular weight is 572 g/mol. The molecule has 0 saturated heterocycles. The van der Waals surface area contributed by atoms with Gasteiger partial charge in [0.25, 0.3) is 0 Å². The Balaban J connectivity index is 0.000000185. The maximum absolute atomic E-state index is 12.0. The third-order valence-corrected chi connectivity index (χ3v) is 7.46. The summed E-state index contributed by atoms with van der Waals surface area (Å²) >= 11 is 0. The quantitative estimate of drug-likeness (QED) is 0.240. The van der Waals surface area contributed by atoms with Crippen LogP contribution in [-0.4, -0.2) is 37.3 Å². The predicted octanol–water partition coefficient (Wildman–Crippen LogP) is 7.74. The predicted molar refractivity (Wildman–Crippen MR) is 171 cm³/mol. The molecule has 1 aliphatic heterocycles. The van der Waals surface area contributed by atoms with Crippen molar-refractivity contribution in [3.63, 3.8) is 0 Å². The monoisotopic (exact) mass is 571 g/mol. The maximum Gasteiger partial charge on any atom is 0.196 e. The molecule has 41 heavy (non-hydrogen) atoms. The lowest BCUT2D eigenvalue weighted by atomic mass is 9.93. The molecule has 6 rings (SSSR count). The van der Waals surface area contributed by atoms with Crippen molar-refractivity contribution >= 4 is 41.1 Å². The number of nitrogens with zero attached hydrogens (tertiary/aromatic N) is 1. The van der Waals surface area contributed by atoms with Gasteiger partial charge in [-0.15, -0.1) is 12.4 Å². The number of aryl methyl sites for hydroxylation is 1. The van der Waals surface area contributed by atoms with Crippen molar-refractivity contribution < 1.29 is 14.3 Å². The van der Waals surface area contributed by atoms with Crippen LogP contribution in [0.2, 0.25) is 0 Å². The molecule has 1 atom stereocenters. The van der Waals surface area contributed by atoms with Gasteiger partial charge in [0.05, 0.1) is 6.61 Å². The molecule has 214 valence electrons. The highest BCUT2D eigenvalue weighted by molar-refractivity contribution is 5.93. The Morgan fingerprint density at radius 1 is 1.00 bits per heavy atom. The molecule has 2 heterocycles. The first-order chi connectivity index (χ1) is 19.3. The third kappa shape index (κ3) is 6.75. The second-order valence-electron chi connectivity index (χ2n) is 11.0. The van der Waals surface area contributed by atoms with E-state index >= 15 is 0 Å². The fraction of sp³-hybridized carbons (Fsp3) is 0.286. The van der Waals surface area contributed by atoms with E-state index in [-0.39, 0.29) is 29.0 Å².